The number of hydrogen-bond donors (Lipinski definition) is 2. The second-order valence-electron chi connectivity index (χ2n) is 5.90. The van der Waals surface area contributed by atoms with Gasteiger partial charge in [0.25, 0.3) is 0 Å². The molecule has 1 amide bonds. The van der Waals surface area contributed by atoms with Gasteiger partial charge in [-0.25, -0.2) is 0 Å². The van der Waals surface area contributed by atoms with Gasteiger partial charge >= 0.3 is 0 Å². The molecule has 3 rings (SSSR count). The Balaban J connectivity index is 1.34. The molecule has 2 aliphatic rings. The monoisotopic (exact) mass is 293 g/mol. The van der Waals surface area contributed by atoms with E-state index in [1.54, 1.807) is 0 Å². The molecule has 1 aromatic heterocycles. The van der Waals surface area contributed by atoms with Gasteiger partial charge in [0.2, 0.25) is 5.91 Å². The van der Waals surface area contributed by atoms with Crippen LogP contribution in [0.3, 0.4) is 0 Å². The average molecular weight is 293 g/mol. The van der Waals surface area contributed by atoms with E-state index >= 15 is 0 Å². The minimum Gasteiger partial charge on any atom is -0.356 e. The highest BCUT2D eigenvalue weighted by Gasteiger charge is 2.26. The predicted molar refractivity (Wildman–Crippen MR) is 81.7 cm³/mol. The summed E-state index contributed by atoms with van der Waals surface area (Å²) >= 11 is 1.84. The fraction of sp³-hybridized carbons (Fsp3) is 0.667. The highest BCUT2D eigenvalue weighted by atomic mass is 32.1. The summed E-state index contributed by atoms with van der Waals surface area (Å²) in [5, 5.41) is 8.41. The molecule has 2 N–H and O–H groups in total. The Bertz CT molecular complexity index is 422. The molecule has 2 saturated heterocycles. The maximum atomic E-state index is 11.8. The van der Waals surface area contributed by atoms with Crippen LogP contribution in [0.2, 0.25) is 0 Å². The quantitative estimate of drug-likeness (QED) is 0.860. The molecular weight excluding hydrogens is 270 g/mol. The van der Waals surface area contributed by atoms with Crippen LogP contribution in [0.15, 0.2) is 17.5 Å². The van der Waals surface area contributed by atoms with E-state index in [9.17, 15) is 4.79 Å². The molecule has 1 aromatic rings. The summed E-state index contributed by atoms with van der Waals surface area (Å²) in [4.78, 5) is 15.8. The van der Waals surface area contributed by atoms with Gasteiger partial charge < -0.3 is 10.6 Å². The molecule has 0 atom stereocenters. The second-order valence-corrected chi connectivity index (χ2v) is 6.93. The molecule has 0 aliphatic carbocycles. The molecule has 2 aliphatic heterocycles. The third kappa shape index (κ3) is 3.59. The zero-order chi connectivity index (χ0) is 13.8. The van der Waals surface area contributed by atoms with Crippen LogP contribution in [0.1, 0.15) is 17.7 Å². The van der Waals surface area contributed by atoms with Crippen molar-refractivity contribution >= 4 is 17.2 Å². The number of nitrogens with zero attached hydrogens (tertiary/aromatic N) is 1. The Kier molecular flexibility index (Phi) is 4.70. The lowest BCUT2D eigenvalue weighted by atomic mass is 9.96. The molecule has 3 heterocycles. The minimum absolute atomic E-state index is 0.217. The normalized spacial score (nSPS) is 21.6. The molecule has 0 spiro atoms. The lowest BCUT2D eigenvalue weighted by Gasteiger charge is -2.32. The molecule has 0 bridgehead atoms. The van der Waals surface area contributed by atoms with Crippen molar-refractivity contribution in [3.63, 3.8) is 0 Å². The predicted octanol–water partition coefficient (Wildman–Crippen LogP) is 1.30. The first kappa shape index (κ1) is 14.0. The summed E-state index contributed by atoms with van der Waals surface area (Å²) in [6.45, 7) is 5.97. The van der Waals surface area contributed by atoms with Crippen molar-refractivity contribution in [1.29, 1.82) is 0 Å². The van der Waals surface area contributed by atoms with Gasteiger partial charge in [0.05, 0.1) is 5.92 Å². The summed E-state index contributed by atoms with van der Waals surface area (Å²) in [7, 11) is 0. The molecule has 5 heteroatoms. The number of likely N-dealkylation sites (tertiary alicyclic amines) is 1. The fourth-order valence-corrected chi connectivity index (χ4v) is 3.58. The van der Waals surface area contributed by atoms with E-state index in [1.807, 2.05) is 11.3 Å². The SMILES string of the molecule is O=C(NCC1CCN(Cc2cccs2)CC1)C1CNC1. The number of rotatable bonds is 5. The first-order valence-electron chi connectivity index (χ1n) is 7.54. The molecule has 0 unspecified atom stereocenters. The van der Waals surface area contributed by atoms with Crippen LogP contribution in [-0.2, 0) is 11.3 Å². The topological polar surface area (TPSA) is 44.4 Å². The first-order chi connectivity index (χ1) is 9.81. The Labute approximate surface area is 124 Å². The van der Waals surface area contributed by atoms with E-state index in [0.29, 0.717) is 5.92 Å². The number of nitrogens with one attached hydrogen (secondary N) is 2. The van der Waals surface area contributed by atoms with Crippen LogP contribution < -0.4 is 10.6 Å². The maximum Gasteiger partial charge on any atom is 0.225 e. The van der Waals surface area contributed by atoms with Gasteiger partial charge in [0, 0.05) is 31.1 Å². The second kappa shape index (κ2) is 6.70. The Morgan fingerprint density at radius 1 is 1.40 bits per heavy atom. The molecule has 0 radical (unpaired) electrons. The van der Waals surface area contributed by atoms with Gasteiger partial charge in [-0.1, -0.05) is 6.07 Å². The van der Waals surface area contributed by atoms with Crippen LogP contribution in [0.4, 0.5) is 0 Å². The zero-order valence-corrected chi connectivity index (χ0v) is 12.6. The average Bonchev–Trinajstić information content (AvgIpc) is 2.89. The van der Waals surface area contributed by atoms with Crippen molar-refractivity contribution < 1.29 is 4.79 Å². The highest BCUT2D eigenvalue weighted by molar-refractivity contribution is 7.09. The van der Waals surface area contributed by atoms with Crippen LogP contribution in [0, 0.1) is 11.8 Å². The Morgan fingerprint density at radius 2 is 2.20 bits per heavy atom. The van der Waals surface area contributed by atoms with E-state index in [2.05, 4.69) is 33.0 Å². The smallest absolute Gasteiger partial charge is 0.225 e. The molecule has 20 heavy (non-hydrogen) atoms. The van der Waals surface area contributed by atoms with Gasteiger partial charge in [0.15, 0.2) is 0 Å². The van der Waals surface area contributed by atoms with Crippen molar-refractivity contribution in [3.05, 3.63) is 22.4 Å². The van der Waals surface area contributed by atoms with E-state index in [0.717, 1.165) is 39.3 Å². The van der Waals surface area contributed by atoms with Crippen LogP contribution in [-0.4, -0.2) is 43.5 Å². The van der Waals surface area contributed by atoms with Gasteiger partial charge in [-0.3, -0.25) is 9.69 Å². The van der Waals surface area contributed by atoms with Crippen molar-refractivity contribution in [1.82, 2.24) is 15.5 Å². The largest absolute Gasteiger partial charge is 0.356 e. The summed E-state index contributed by atoms with van der Waals surface area (Å²) in [6.07, 6.45) is 2.41. The maximum absolute atomic E-state index is 11.8. The standard InChI is InChI=1S/C15H23N3OS/c19-15(13-9-16-10-13)17-8-12-3-5-18(6-4-12)11-14-2-1-7-20-14/h1-2,7,12-13,16H,3-6,8-11H2,(H,17,19). The highest BCUT2D eigenvalue weighted by Crippen LogP contribution is 2.20. The van der Waals surface area contributed by atoms with E-state index in [4.69, 9.17) is 0 Å². The molecule has 2 fully saturated rings. The fourth-order valence-electron chi connectivity index (χ4n) is 2.83. The summed E-state index contributed by atoms with van der Waals surface area (Å²) < 4.78 is 0. The third-order valence-electron chi connectivity index (χ3n) is 4.38. The molecule has 110 valence electrons. The third-order valence-corrected chi connectivity index (χ3v) is 5.25. The van der Waals surface area contributed by atoms with Crippen molar-refractivity contribution in [2.24, 2.45) is 11.8 Å². The zero-order valence-electron chi connectivity index (χ0n) is 11.8. The molecule has 4 nitrogen and oxygen atoms in total. The molecule has 0 saturated carbocycles. The Hall–Kier alpha value is -0.910. The lowest BCUT2D eigenvalue weighted by Crippen LogP contribution is -2.51. The number of carbonyl (C=O) groups is 1. The summed E-state index contributed by atoms with van der Waals surface area (Å²) in [6, 6.07) is 4.33. The number of hydrogen-bond acceptors (Lipinski definition) is 4. The minimum atomic E-state index is 0.217. The van der Waals surface area contributed by atoms with Gasteiger partial charge in [-0.15, -0.1) is 11.3 Å². The summed E-state index contributed by atoms with van der Waals surface area (Å²) in [5.74, 6) is 1.12. The van der Waals surface area contributed by atoms with E-state index in [1.165, 1.54) is 17.7 Å². The van der Waals surface area contributed by atoms with Crippen molar-refractivity contribution in [2.45, 2.75) is 19.4 Å². The Morgan fingerprint density at radius 3 is 2.80 bits per heavy atom. The lowest BCUT2D eigenvalue weighted by molar-refractivity contribution is -0.126. The van der Waals surface area contributed by atoms with Crippen LogP contribution in [0.5, 0.6) is 0 Å². The number of carbonyl (C=O) groups excluding carboxylic acids is 1. The van der Waals surface area contributed by atoms with E-state index in [-0.39, 0.29) is 11.8 Å². The summed E-state index contributed by atoms with van der Waals surface area (Å²) in [5.41, 5.74) is 0. The van der Waals surface area contributed by atoms with Crippen molar-refractivity contribution in [3.8, 4) is 0 Å². The number of amides is 1. The van der Waals surface area contributed by atoms with Crippen LogP contribution in [0.25, 0.3) is 0 Å². The van der Waals surface area contributed by atoms with Crippen LogP contribution >= 0.6 is 11.3 Å². The number of thiophene rings is 1. The number of piperidine rings is 1. The molecular formula is C15H23N3OS. The van der Waals surface area contributed by atoms with E-state index < -0.39 is 0 Å². The molecule has 0 aromatic carbocycles. The van der Waals surface area contributed by atoms with Gasteiger partial charge in [-0.05, 0) is 43.3 Å². The van der Waals surface area contributed by atoms with Gasteiger partial charge in [0.1, 0.15) is 0 Å². The van der Waals surface area contributed by atoms with Crippen molar-refractivity contribution in [2.75, 3.05) is 32.7 Å². The first-order valence-corrected chi connectivity index (χ1v) is 8.42. The van der Waals surface area contributed by atoms with Gasteiger partial charge in [-0.2, -0.15) is 0 Å².